The molecule has 0 unspecified atom stereocenters. The van der Waals surface area contributed by atoms with Gasteiger partial charge < -0.3 is 9.52 Å². The van der Waals surface area contributed by atoms with Gasteiger partial charge in [0.25, 0.3) is 0 Å². The van der Waals surface area contributed by atoms with Crippen molar-refractivity contribution in [1.82, 2.24) is 4.98 Å². The maximum atomic E-state index is 12.8. The molecule has 0 saturated heterocycles. The van der Waals surface area contributed by atoms with E-state index in [1.807, 2.05) is 0 Å². The van der Waals surface area contributed by atoms with Gasteiger partial charge in [-0.25, -0.2) is 13.8 Å². The summed E-state index contributed by atoms with van der Waals surface area (Å²) in [6, 6.07) is 0. The number of rotatable bonds is 1. The van der Waals surface area contributed by atoms with Gasteiger partial charge in [0.2, 0.25) is 5.92 Å². The van der Waals surface area contributed by atoms with E-state index in [9.17, 15) is 13.9 Å². The normalized spacial score (nSPS) is 24.8. The lowest BCUT2D eigenvalue weighted by Crippen LogP contribution is -2.36. The molecular formula is C9H11F2NO2. The molecule has 0 aliphatic heterocycles. The molecule has 0 atom stereocenters. The van der Waals surface area contributed by atoms with Crippen LogP contribution in [-0.2, 0) is 5.60 Å². The average Bonchev–Trinajstić information content (AvgIpc) is 2.64. The molecule has 14 heavy (non-hydrogen) atoms. The van der Waals surface area contributed by atoms with Crippen molar-refractivity contribution in [2.75, 3.05) is 0 Å². The lowest BCUT2D eigenvalue weighted by Gasteiger charge is -2.33. The Balaban J connectivity index is 2.13. The molecule has 0 aromatic carbocycles. The first-order chi connectivity index (χ1) is 6.52. The van der Waals surface area contributed by atoms with E-state index in [1.165, 1.54) is 12.6 Å². The van der Waals surface area contributed by atoms with Crippen LogP contribution in [0.5, 0.6) is 0 Å². The molecule has 0 spiro atoms. The molecule has 2 rings (SSSR count). The Kier molecular flexibility index (Phi) is 2.06. The van der Waals surface area contributed by atoms with Gasteiger partial charge in [0.15, 0.2) is 12.2 Å². The molecule has 3 nitrogen and oxygen atoms in total. The first-order valence-corrected chi connectivity index (χ1v) is 4.51. The lowest BCUT2D eigenvalue weighted by atomic mass is 9.81. The Bertz CT molecular complexity index is 301. The van der Waals surface area contributed by atoms with Crippen LogP contribution in [-0.4, -0.2) is 16.0 Å². The Morgan fingerprint density at radius 3 is 2.43 bits per heavy atom. The third-order valence-electron chi connectivity index (χ3n) is 2.70. The van der Waals surface area contributed by atoms with Crippen LogP contribution in [0, 0.1) is 0 Å². The van der Waals surface area contributed by atoms with Gasteiger partial charge in [-0.05, 0) is 12.8 Å². The highest BCUT2D eigenvalue weighted by Gasteiger charge is 2.44. The molecular weight excluding hydrogens is 192 g/mol. The minimum atomic E-state index is -2.65. The summed E-state index contributed by atoms with van der Waals surface area (Å²) in [5.74, 6) is -2.36. The summed E-state index contributed by atoms with van der Waals surface area (Å²) < 4.78 is 30.6. The predicted octanol–water partition coefficient (Wildman–Crippen LogP) is 2.07. The smallest absolute Gasteiger partial charge is 0.248 e. The molecule has 5 heteroatoms. The summed E-state index contributed by atoms with van der Waals surface area (Å²) in [5.41, 5.74) is -1.25. The van der Waals surface area contributed by atoms with Gasteiger partial charge in [0, 0.05) is 12.8 Å². The second kappa shape index (κ2) is 3.02. The van der Waals surface area contributed by atoms with E-state index < -0.39 is 11.5 Å². The quantitative estimate of drug-likeness (QED) is 0.760. The van der Waals surface area contributed by atoms with Gasteiger partial charge >= 0.3 is 0 Å². The van der Waals surface area contributed by atoms with E-state index in [4.69, 9.17) is 4.42 Å². The van der Waals surface area contributed by atoms with Crippen molar-refractivity contribution in [3.63, 3.8) is 0 Å². The summed E-state index contributed by atoms with van der Waals surface area (Å²) in [5, 5.41) is 10.00. The van der Waals surface area contributed by atoms with E-state index >= 15 is 0 Å². The molecule has 1 aliphatic carbocycles. The number of halogens is 2. The average molecular weight is 203 g/mol. The summed E-state index contributed by atoms with van der Waals surface area (Å²) in [6.45, 7) is 0. The van der Waals surface area contributed by atoms with E-state index in [1.54, 1.807) is 0 Å². The van der Waals surface area contributed by atoms with E-state index in [0.717, 1.165) is 0 Å². The van der Waals surface area contributed by atoms with Crippen molar-refractivity contribution in [3.05, 3.63) is 18.4 Å². The SMILES string of the molecule is OC1(c2cnco2)CCC(F)(F)CC1. The van der Waals surface area contributed by atoms with Crippen LogP contribution in [0.4, 0.5) is 8.78 Å². The Morgan fingerprint density at radius 1 is 1.29 bits per heavy atom. The largest absolute Gasteiger partial charge is 0.445 e. The maximum Gasteiger partial charge on any atom is 0.248 e. The topological polar surface area (TPSA) is 46.3 Å². The fourth-order valence-electron chi connectivity index (χ4n) is 1.72. The zero-order chi connectivity index (χ0) is 10.2. The Labute approximate surface area is 79.8 Å². The summed E-state index contributed by atoms with van der Waals surface area (Å²) >= 11 is 0. The lowest BCUT2D eigenvalue weighted by molar-refractivity contribution is -0.114. The van der Waals surface area contributed by atoms with Gasteiger partial charge in [-0.3, -0.25) is 0 Å². The molecule has 1 fully saturated rings. The van der Waals surface area contributed by atoms with Crippen LogP contribution < -0.4 is 0 Å². The first-order valence-electron chi connectivity index (χ1n) is 4.51. The van der Waals surface area contributed by atoms with Gasteiger partial charge in [-0.15, -0.1) is 0 Å². The number of hydrogen-bond donors (Lipinski definition) is 1. The van der Waals surface area contributed by atoms with Crippen LogP contribution >= 0.6 is 0 Å². The molecule has 1 aromatic heterocycles. The third-order valence-corrected chi connectivity index (χ3v) is 2.70. The standard InChI is InChI=1S/C9H11F2NO2/c10-9(11)3-1-8(13,2-4-9)7-5-12-6-14-7/h5-6,13H,1-4H2. The van der Waals surface area contributed by atoms with Crippen molar-refractivity contribution >= 4 is 0 Å². The predicted molar refractivity (Wildman–Crippen MR) is 43.8 cm³/mol. The number of aromatic nitrogens is 1. The summed E-state index contributed by atoms with van der Waals surface area (Å²) in [4.78, 5) is 3.66. The zero-order valence-electron chi connectivity index (χ0n) is 7.54. The Morgan fingerprint density at radius 2 is 1.93 bits per heavy atom. The maximum absolute atomic E-state index is 12.8. The zero-order valence-corrected chi connectivity index (χ0v) is 7.54. The van der Waals surface area contributed by atoms with Crippen molar-refractivity contribution in [2.24, 2.45) is 0 Å². The van der Waals surface area contributed by atoms with E-state index in [-0.39, 0.29) is 31.4 Å². The van der Waals surface area contributed by atoms with Gasteiger partial charge in [-0.2, -0.15) is 0 Å². The van der Waals surface area contributed by atoms with E-state index in [2.05, 4.69) is 4.98 Å². The minimum Gasteiger partial charge on any atom is -0.445 e. The summed E-state index contributed by atoms with van der Waals surface area (Å²) in [6.07, 6.45) is 2.02. The van der Waals surface area contributed by atoms with Gasteiger partial charge in [0.05, 0.1) is 6.20 Å². The van der Waals surface area contributed by atoms with Crippen LogP contribution in [0.2, 0.25) is 0 Å². The van der Waals surface area contributed by atoms with Crippen LogP contribution in [0.3, 0.4) is 0 Å². The molecule has 1 aliphatic rings. The van der Waals surface area contributed by atoms with Crippen molar-refractivity contribution in [2.45, 2.75) is 37.2 Å². The fourth-order valence-corrected chi connectivity index (χ4v) is 1.72. The molecule has 1 N–H and O–H groups in total. The van der Waals surface area contributed by atoms with E-state index in [0.29, 0.717) is 0 Å². The van der Waals surface area contributed by atoms with Crippen LogP contribution in [0.25, 0.3) is 0 Å². The van der Waals surface area contributed by atoms with Crippen molar-refractivity contribution in [1.29, 1.82) is 0 Å². The highest BCUT2D eigenvalue weighted by atomic mass is 19.3. The number of hydrogen-bond acceptors (Lipinski definition) is 3. The molecule has 78 valence electrons. The molecule has 1 saturated carbocycles. The highest BCUT2D eigenvalue weighted by molar-refractivity contribution is 5.06. The summed E-state index contributed by atoms with van der Waals surface area (Å²) in [7, 11) is 0. The fraction of sp³-hybridized carbons (Fsp3) is 0.667. The number of oxazole rings is 1. The number of nitrogens with zero attached hydrogens (tertiary/aromatic N) is 1. The second-order valence-corrected chi connectivity index (χ2v) is 3.75. The van der Waals surface area contributed by atoms with Gasteiger partial charge in [-0.1, -0.05) is 0 Å². The molecule has 0 radical (unpaired) electrons. The second-order valence-electron chi connectivity index (χ2n) is 3.75. The molecule has 0 amide bonds. The number of aliphatic hydroxyl groups is 1. The monoisotopic (exact) mass is 203 g/mol. The minimum absolute atomic E-state index is 0.0230. The number of alkyl halides is 2. The van der Waals surface area contributed by atoms with Crippen molar-refractivity contribution < 1.29 is 18.3 Å². The molecule has 0 bridgehead atoms. The first kappa shape index (κ1) is 9.58. The van der Waals surface area contributed by atoms with Crippen LogP contribution in [0.1, 0.15) is 31.4 Å². The molecule has 1 aromatic rings. The highest BCUT2D eigenvalue weighted by Crippen LogP contribution is 2.43. The van der Waals surface area contributed by atoms with Crippen molar-refractivity contribution in [3.8, 4) is 0 Å². The molecule has 1 heterocycles. The van der Waals surface area contributed by atoms with Crippen LogP contribution in [0.15, 0.2) is 17.0 Å². The van der Waals surface area contributed by atoms with Gasteiger partial charge in [0.1, 0.15) is 5.60 Å². The third kappa shape index (κ3) is 1.64. The Hall–Kier alpha value is -0.970.